The van der Waals surface area contributed by atoms with E-state index in [-0.39, 0.29) is 93.6 Å². The van der Waals surface area contributed by atoms with Gasteiger partial charge in [-0.25, -0.2) is 31.3 Å². The smallest absolute Gasteiger partial charge is 0.319 e. The van der Waals surface area contributed by atoms with Crippen LogP contribution in [0.15, 0.2) is 90.1 Å². The van der Waals surface area contributed by atoms with Crippen LogP contribution in [0.1, 0.15) is 86.7 Å². The predicted octanol–water partition coefficient (Wildman–Crippen LogP) is 12.6. The molecule has 5 heterocycles. The fourth-order valence-electron chi connectivity index (χ4n) is 11.6. The van der Waals surface area contributed by atoms with Gasteiger partial charge >= 0.3 is 6.01 Å². The van der Waals surface area contributed by atoms with Crippen molar-refractivity contribution in [2.75, 3.05) is 37.7 Å². The number of alkyl halides is 3. The summed E-state index contributed by atoms with van der Waals surface area (Å²) in [5.41, 5.74) is 3.60. The lowest BCUT2D eigenvalue weighted by Gasteiger charge is -2.38. The highest BCUT2D eigenvalue weighted by Crippen LogP contribution is 2.52. The molecule has 2 aromatic heterocycles. The Kier molecular flexibility index (Phi) is 11.9. The van der Waals surface area contributed by atoms with E-state index in [1.54, 1.807) is 11.0 Å². The van der Waals surface area contributed by atoms with Crippen molar-refractivity contribution in [3.63, 3.8) is 0 Å². The molecule has 0 amide bonds. The minimum absolute atomic E-state index is 0.00395. The summed E-state index contributed by atoms with van der Waals surface area (Å²) in [5, 5.41) is 0.115. The normalized spacial score (nSPS) is 22.7. The van der Waals surface area contributed by atoms with Crippen molar-refractivity contribution < 1.29 is 38.6 Å². The molecule has 1 aliphatic carbocycles. The zero-order valence-corrected chi connectivity index (χ0v) is 41.0. The largest absolute Gasteiger partial charge is 0.461 e. The van der Waals surface area contributed by atoms with Gasteiger partial charge in [-0.1, -0.05) is 108 Å². The molecule has 4 aromatic carbocycles. The van der Waals surface area contributed by atoms with E-state index in [9.17, 15) is 2.74 Å². The molecule has 364 valence electrons. The third-order valence-electron chi connectivity index (χ3n) is 15.0. The first-order valence-corrected chi connectivity index (χ1v) is 26.4. The van der Waals surface area contributed by atoms with Gasteiger partial charge in [0.2, 0.25) is 0 Å². The highest BCUT2D eigenvalue weighted by molar-refractivity contribution is 6.90. The first-order valence-electron chi connectivity index (χ1n) is 25.2. The molecule has 1 saturated carbocycles. The van der Waals surface area contributed by atoms with E-state index in [1.807, 2.05) is 60.7 Å². The van der Waals surface area contributed by atoms with Gasteiger partial charge in [-0.2, -0.15) is 9.97 Å². The summed E-state index contributed by atoms with van der Waals surface area (Å²) in [6.45, 7) is 10.4. The Morgan fingerprint density at radius 3 is 2.27 bits per heavy atom. The maximum absolute atomic E-state index is 18.3. The van der Waals surface area contributed by atoms with Gasteiger partial charge in [0, 0.05) is 54.4 Å². The SMILES string of the molecule is [2H]C([2H])(Oc1nc(N2CCCO[C@@H]3[C@H]2C3(F)F)c2cnc(-c3cc(N=C(c4ccccc4)c4ccccc4)cc4cc(F)c(F)c(C#C[Si](C(C)C)(C(C)C)C(C)C)c34)c(F)c2n1)[C@@]12CCCN1C[C@H](F)C2. The molecule has 4 atom stereocenters. The first-order chi connectivity index (χ1) is 34.3. The summed E-state index contributed by atoms with van der Waals surface area (Å²) in [6.07, 6.45) is -0.572. The zero-order chi connectivity index (χ0) is 51.1. The van der Waals surface area contributed by atoms with Crippen molar-refractivity contribution >= 4 is 47.0 Å². The summed E-state index contributed by atoms with van der Waals surface area (Å²) >= 11 is 0. The van der Waals surface area contributed by atoms with E-state index in [0.29, 0.717) is 25.1 Å². The van der Waals surface area contributed by atoms with Crippen molar-refractivity contribution in [3.8, 4) is 28.7 Å². The quantitative estimate of drug-likeness (QED) is 0.0554. The lowest BCUT2D eigenvalue weighted by Crippen LogP contribution is -2.43. The van der Waals surface area contributed by atoms with Crippen LogP contribution in [0.2, 0.25) is 16.6 Å². The Balaban J connectivity index is 1.25. The van der Waals surface area contributed by atoms with Crippen LogP contribution in [0.5, 0.6) is 6.01 Å². The van der Waals surface area contributed by atoms with Crippen LogP contribution in [-0.4, -0.2) is 96.2 Å². The Hall–Kier alpha value is -5.82. The first kappa shape index (κ1) is 45.3. The number of aromatic nitrogens is 3. The molecular formula is C55H56F6N6O2Si. The molecule has 15 heteroatoms. The maximum Gasteiger partial charge on any atom is 0.319 e. The standard InChI is InChI=1S/C55H56F6N6O2Si/c1-32(2)70(33(3)4,34(5)6)24-19-40-44-37(26-43(57)45(40)58)25-39(63-47(35-15-9-7-10-16-35)36-17-11-8-12-18-36)27-41(44)48-46(59)49-42(29-62-48)52(67-22-14-23-68-51-50(67)55(51,60)61)65-53(64-49)69-31-54-20-13-21-66(54)30-38(56)28-54/h7-12,15-18,25-27,29,32-34,38,50-51H,13-14,20-23,28,30-31H2,1-6H3/t38-,50+,51-,54+/m1/s1/i31D2. The molecule has 3 saturated heterocycles. The zero-order valence-electron chi connectivity index (χ0n) is 42.0. The van der Waals surface area contributed by atoms with E-state index in [0.717, 1.165) is 17.2 Å². The Morgan fingerprint density at radius 1 is 0.914 bits per heavy atom. The summed E-state index contributed by atoms with van der Waals surface area (Å²) < 4.78 is 127. The van der Waals surface area contributed by atoms with Crippen LogP contribution < -0.4 is 9.64 Å². The summed E-state index contributed by atoms with van der Waals surface area (Å²) in [6, 6.07) is 20.7. The Labute approximate surface area is 408 Å². The van der Waals surface area contributed by atoms with Gasteiger partial charge in [0.05, 0.1) is 30.6 Å². The van der Waals surface area contributed by atoms with E-state index in [2.05, 4.69) is 68.0 Å². The van der Waals surface area contributed by atoms with Gasteiger partial charge in [0.25, 0.3) is 5.92 Å². The molecule has 0 radical (unpaired) electrons. The molecule has 0 spiro atoms. The van der Waals surface area contributed by atoms with Crippen molar-refractivity contribution in [1.82, 2.24) is 19.9 Å². The lowest BCUT2D eigenvalue weighted by atomic mass is 9.94. The Bertz CT molecular complexity index is 3110. The number of hydrogen-bond donors (Lipinski definition) is 0. The van der Waals surface area contributed by atoms with E-state index < -0.39 is 73.4 Å². The number of rotatable bonds is 11. The summed E-state index contributed by atoms with van der Waals surface area (Å²) in [5.74, 6) is -3.86. The molecule has 3 aliphatic heterocycles. The topological polar surface area (TPSA) is 76.0 Å². The molecule has 4 fully saturated rings. The van der Waals surface area contributed by atoms with Gasteiger partial charge in [-0.05, 0) is 66.0 Å². The summed E-state index contributed by atoms with van der Waals surface area (Å²) in [4.78, 5) is 21.8. The van der Waals surface area contributed by atoms with Gasteiger partial charge in [0.1, 0.15) is 50.0 Å². The average molecular weight is 977 g/mol. The number of benzene rings is 4. The minimum atomic E-state index is -3.29. The van der Waals surface area contributed by atoms with Gasteiger partial charge < -0.3 is 14.4 Å². The van der Waals surface area contributed by atoms with E-state index in [4.69, 9.17) is 14.5 Å². The fourth-order valence-corrected chi connectivity index (χ4v) is 16.8. The van der Waals surface area contributed by atoms with Crippen LogP contribution in [0.4, 0.5) is 37.8 Å². The van der Waals surface area contributed by atoms with Gasteiger partial charge in [-0.15, -0.1) is 5.54 Å². The molecule has 70 heavy (non-hydrogen) atoms. The number of halogens is 6. The molecule has 10 rings (SSSR count). The summed E-state index contributed by atoms with van der Waals surface area (Å²) in [7, 11) is -2.59. The lowest BCUT2D eigenvalue weighted by molar-refractivity contribution is 0.0111. The number of hydrogen-bond acceptors (Lipinski definition) is 8. The maximum atomic E-state index is 18.3. The van der Waals surface area contributed by atoms with Crippen LogP contribution in [0.3, 0.4) is 0 Å². The van der Waals surface area contributed by atoms with Crippen molar-refractivity contribution in [2.45, 2.75) is 114 Å². The molecule has 6 aromatic rings. The van der Waals surface area contributed by atoms with Crippen molar-refractivity contribution in [1.29, 1.82) is 0 Å². The predicted molar refractivity (Wildman–Crippen MR) is 265 cm³/mol. The van der Waals surface area contributed by atoms with E-state index in [1.165, 1.54) is 17.2 Å². The average Bonchev–Trinajstić information content (AvgIpc) is 3.52. The molecule has 4 aliphatic rings. The number of aliphatic imine (C=N–C) groups is 1. The van der Waals surface area contributed by atoms with Crippen molar-refractivity contribution in [2.24, 2.45) is 4.99 Å². The van der Waals surface area contributed by atoms with Crippen LogP contribution >= 0.6 is 0 Å². The number of ether oxygens (including phenoxy) is 2. The fraction of sp³-hybridized carbons (Fsp3) is 0.418. The number of fused-ring (bicyclic) bond motifs is 4. The highest BCUT2D eigenvalue weighted by Gasteiger charge is 2.73. The third-order valence-corrected chi connectivity index (χ3v) is 21.2. The molecule has 0 N–H and O–H groups in total. The third kappa shape index (κ3) is 8.23. The van der Waals surface area contributed by atoms with Gasteiger partial charge in [-0.3, -0.25) is 9.88 Å². The van der Waals surface area contributed by atoms with Crippen LogP contribution in [-0.2, 0) is 4.74 Å². The number of anilines is 1. The second-order valence-corrected chi connectivity index (χ2v) is 25.6. The molecular weight excluding hydrogens is 919 g/mol. The van der Waals surface area contributed by atoms with Crippen LogP contribution in [0.25, 0.3) is 32.9 Å². The van der Waals surface area contributed by atoms with E-state index >= 15 is 26.3 Å². The van der Waals surface area contributed by atoms with Crippen molar-refractivity contribution in [3.05, 3.63) is 119 Å². The second kappa shape index (κ2) is 18.4. The second-order valence-electron chi connectivity index (χ2n) is 20.0. The molecule has 0 bridgehead atoms. The Morgan fingerprint density at radius 2 is 1.60 bits per heavy atom. The number of pyridine rings is 1. The van der Waals surface area contributed by atoms with Crippen LogP contribution in [0, 0.1) is 28.9 Å². The number of nitrogens with zero attached hydrogens (tertiary/aromatic N) is 6. The van der Waals surface area contributed by atoms with Gasteiger partial charge in [0.15, 0.2) is 17.5 Å². The highest BCUT2D eigenvalue weighted by atomic mass is 28.3. The molecule has 0 unspecified atom stereocenters. The monoisotopic (exact) mass is 976 g/mol. The minimum Gasteiger partial charge on any atom is -0.461 e. The molecule has 8 nitrogen and oxygen atoms in total.